The van der Waals surface area contributed by atoms with Gasteiger partial charge in [0.1, 0.15) is 0 Å². The molecule has 1 aromatic carbocycles. The van der Waals surface area contributed by atoms with Gasteiger partial charge >= 0.3 is 0 Å². The second-order valence-corrected chi connectivity index (χ2v) is 7.04. The third-order valence-corrected chi connectivity index (χ3v) is 4.95. The molecule has 1 amide bonds. The van der Waals surface area contributed by atoms with Crippen molar-refractivity contribution >= 4 is 17.2 Å². The molecule has 1 aliphatic carbocycles. The normalized spacial score (nSPS) is 16.8. The minimum absolute atomic E-state index is 0.00606. The lowest BCUT2D eigenvalue weighted by Crippen LogP contribution is -2.25. The number of nitrogens with two attached hydrogens (primary N) is 1. The van der Waals surface area contributed by atoms with Crippen LogP contribution in [0.2, 0.25) is 0 Å². The van der Waals surface area contributed by atoms with E-state index in [-0.39, 0.29) is 11.9 Å². The van der Waals surface area contributed by atoms with Crippen LogP contribution in [0.25, 0.3) is 0 Å². The third-order valence-electron chi connectivity index (χ3n) is 3.89. The number of hydrogen-bond acceptors (Lipinski definition) is 3. The van der Waals surface area contributed by atoms with E-state index < -0.39 is 0 Å². The Bertz CT molecular complexity index is 663. The zero-order valence-corrected chi connectivity index (χ0v) is 13.0. The van der Waals surface area contributed by atoms with E-state index in [2.05, 4.69) is 24.4 Å². The van der Waals surface area contributed by atoms with Gasteiger partial charge in [0.25, 0.3) is 5.91 Å². The van der Waals surface area contributed by atoms with Gasteiger partial charge in [-0.1, -0.05) is 6.07 Å². The largest absolute Gasteiger partial charge is 0.352 e. The first-order valence-electron chi connectivity index (χ1n) is 7.33. The van der Waals surface area contributed by atoms with Crippen molar-refractivity contribution in [2.24, 2.45) is 5.73 Å². The lowest BCUT2D eigenvalue weighted by Gasteiger charge is -2.06. The molecule has 1 unspecified atom stereocenters. The summed E-state index contributed by atoms with van der Waals surface area (Å²) in [5.74, 6) is 0.00606. The zero-order chi connectivity index (χ0) is 14.8. The molecule has 3 nitrogen and oxygen atoms in total. The smallest absolute Gasteiger partial charge is 0.251 e. The number of rotatable bonds is 4. The lowest BCUT2D eigenvalue weighted by atomic mass is 10.1. The molecule has 3 N–H and O–H groups in total. The van der Waals surface area contributed by atoms with Crippen LogP contribution in [-0.2, 0) is 19.3 Å². The van der Waals surface area contributed by atoms with Gasteiger partial charge in [0.15, 0.2) is 0 Å². The molecule has 0 saturated carbocycles. The maximum atomic E-state index is 12.2. The summed E-state index contributed by atoms with van der Waals surface area (Å²) in [4.78, 5) is 14.8. The molecule has 0 spiro atoms. The SMILES string of the molecule is Cc1ccc(CCNC(=O)c2ccc3c(c2)CC(N)C3)s1. The topological polar surface area (TPSA) is 55.1 Å². The molecule has 4 heteroatoms. The fourth-order valence-corrected chi connectivity index (χ4v) is 3.70. The van der Waals surface area contributed by atoms with E-state index in [0.29, 0.717) is 6.54 Å². The molecule has 3 rings (SSSR count). The predicted octanol–water partition coefficient (Wildman–Crippen LogP) is 2.45. The van der Waals surface area contributed by atoms with Crippen molar-refractivity contribution in [3.63, 3.8) is 0 Å². The number of nitrogens with one attached hydrogen (secondary N) is 1. The Kier molecular flexibility index (Phi) is 4.08. The van der Waals surface area contributed by atoms with Crippen LogP contribution in [0.4, 0.5) is 0 Å². The zero-order valence-electron chi connectivity index (χ0n) is 12.2. The van der Waals surface area contributed by atoms with Crippen LogP contribution in [0.1, 0.15) is 31.2 Å². The number of amides is 1. The number of carbonyl (C=O) groups excluding carboxylic acids is 1. The highest BCUT2D eigenvalue weighted by Gasteiger charge is 2.19. The number of thiophene rings is 1. The number of benzene rings is 1. The van der Waals surface area contributed by atoms with Gasteiger partial charge in [-0.3, -0.25) is 4.79 Å². The van der Waals surface area contributed by atoms with Gasteiger partial charge in [-0.05, 0) is 61.6 Å². The van der Waals surface area contributed by atoms with Gasteiger partial charge in [0, 0.05) is 27.9 Å². The molecule has 1 aromatic heterocycles. The fourth-order valence-electron chi connectivity index (χ4n) is 2.81. The van der Waals surface area contributed by atoms with Gasteiger partial charge in [-0.15, -0.1) is 11.3 Å². The van der Waals surface area contributed by atoms with E-state index >= 15 is 0 Å². The monoisotopic (exact) mass is 300 g/mol. The highest BCUT2D eigenvalue weighted by Crippen LogP contribution is 2.22. The fraction of sp³-hybridized carbons (Fsp3) is 0.353. The standard InChI is InChI=1S/C17H20N2OS/c1-11-2-5-16(21-11)6-7-19-17(20)13-4-3-12-9-15(18)10-14(12)8-13/h2-5,8,15H,6-7,9-10,18H2,1H3,(H,19,20). The summed E-state index contributed by atoms with van der Waals surface area (Å²) < 4.78 is 0. The Morgan fingerprint density at radius 2 is 2.10 bits per heavy atom. The average Bonchev–Trinajstić information content (AvgIpc) is 3.02. The van der Waals surface area contributed by atoms with E-state index in [1.807, 2.05) is 18.2 Å². The Hall–Kier alpha value is -1.65. The Labute approximate surface area is 129 Å². The summed E-state index contributed by atoms with van der Waals surface area (Å²) >= 11 is 1.79. The summed E-state index contributed by atoms with van der Waals surface area (Å²) in [6.45, 7) is 2.78. The Morgan fingerprint density at radius 3 is 2.86 bits per heavy atom. The van der Waals surface area contributed by atoms with Crippen LogP contribution in [-0.4, -0.2) is 18.5 Å². The molecule has 1 heterocycles. The Balaban J connectivity index is 1.57. The molecular weight excluding hydrogens is 280 g/mol. The van der Waals surface area contributed by atoms with Crippen LogP contribution in [0, 0.1) is 6.92 Å². The van der Waals surface area contributed by atoms with E-state index in [4.69, 9.17) is 5.73 Å². The maximum Gasteiger partial charge on any atom is 0.251 e. The molecule has 1 aliphatic rings. The lowest BCUT2D eigenvalue weighted by molar-refractivity contribution is 0.0954. The highest BCUT2D eigenvalue weighted by molar-refractivity contribution is 7.11. The quantitative estimate of drug-likeness (QED) is 0.911. The van der Waals surface area contributed by atoms with Crippen molar-refractivity contribution in [3.05, 3.63) is 56.8 Å². The van der Waals surface area contributed by atoms with Crippen LogP contribution >= 0.6 is 11.3 Å². The summed E-state index contributed by atoms with van der Waals surface area (Å²) in [7, 11) is 0. The summed E-state index contributed by atoms with van der Waals surface area (Å²) in [6.07, 6.45) is 2.69. The first-order chi connectivity index (χ1) is 10.1. The second-order valence-electron chi connectivity index (χ2n) is 5.67. The van der Waals surface area contributed by atoms with Gasteiger partial charge in [-0.2, -0.15) is 0 Å². The minimum atomic E-state index is 0.00606. The van der Waals surface area contributed by atoms with Gasteiger partial charge in [-0.25, -0.2) is 0 Å². The summed E-state index contributed by atoms with van der Waals surface area (Å²) in [5, 5.41) is 3.00. The van der Waals surface area contributed by atoms with Crippen LogP contribution in [0.5, 0.6) is 0 Å². The highest BCUT2D eigenvalue weighted by atomic mass is 32.1. The first kappa shape index (κ1) is 14.3. The summed E-state index contributed by atoms with van der Waals surface area (Å²) in [6, 6.07) is 10.4. The molecule has 0 saturated heterocycles. The van der Waals surface area contributed by atoms with Gasteiger partial charge in [0.2, 0.25) is 0 Å². The molecule has 0 radical (unpaired) electrons. The molecule has 110 valence electrons. The van der Waals surface area contributed by atoms with Crippen molar-refractivity contribution in [2.45, 2.75) is 32.2 Å². The number of carbonyl (C=O) groups is 1. The molecule has 0 aliphatic heterocycles. The number of aryl methyl sites for hydroxylation is 1. The van der Waals surface area contributed by atoms with Crippen molar-refractivity contribution in [1.82, 2.24) is 5.32 Å². The first-order valence-corrected chi connectivity index (χ1v) is 8.14. The second kappa shape index (κ2) is 6.00. The van der Waals surface area contributed by atoms with Crippen molar-refractivity contribution in [2.75, 3.05) is 6.54 Å². The van der Waals surface area contributed by atoms with E-state index in [9.17, 15) is 4.79 Å². The van der Waals surface area contributed by atoms with Crippen molar-refractivity contribution in [1.29, 1.82) is 0 Å². The predicted molar refractivity (Wildman–Crippen MR) is 86.9 cm³/mol. The van der Waals surface area contributed by atoms with Gasteiger partial charge < -0.3 is 11.1 Å². The van der Waals surface area contributed by atoms with Crippen molar-refractivity contribution in [3.8, 4) is 0 Å². The van der Waals surface area contributed by atoms with Crippen molar-refractivity contribution < 1.29 is 4.79 Å². The molecule has 1 atom stereocenters. The number of fused-ring (bicyclic) bond motifs is 1. The third kappa shape index (κ3) is 3.34. The molecular formula is C17H20N2OS. The molecule has 21 heavy (non-hydrogen) atoms. The van der Waals surface area contributed by atoms with Crippen LogP contribution in [0.15, 0.2) is 30.3 Å². The maximum absolute atomic E-state index is 12.2. The van der Waals surface area contributed by atoms with Crippen LogP contribution in [0.3, 0.4) is 0 Å². The Morgan fingerprint density at radius 1 is 1.29 bits per heavy atom. The average molecular weight is 300 g/mol. The van der Waals surface area contributed by atoms with E-state index in [1.165, 1.54) is 20.9 Å². The molecule has 2 aromatic rings. The van der Waals surface area contributed by atoms with E-state index in [0.717, 1.165) is 24.8 Å². The number of hydrogen-bond donors (Lipinski definition) is 2. The van der Waals surface area contributed by atoms with Crippen LogP contribution < -0.4 is 11.1 Å². The molecule has 0 fully saturated rings. The minimum Gasteiger partial charge on any atom is -0.352 e. The molecule has 0 bridgehead atoms. The van der Waals surface area contributed by atoms with E-state index in [1.54, 1.807) is 11.3 Å². The summed E-state index contributed by atoms with van der Waals surface area (Å²) in [5.41, 5.74) is 9.21. The van der Waals surface area contributed by atoms with Gasteiger partial charge in [0.05, 0.1) is 0 Å².